The zero-order valence-corrected chi connectivity index (χ0v) is 11.3. The molecule has 0 spiro atoms. The summed E-state index contributed by atoms with van der Waals surface area (Å²) in [5.74, 6) is 0.260. The SMILES string of the molecule is O=C(O)c1cccc(N2CCC(Oc3ccccn3)C2)n1. The molecule has 6 nitrogen and oxygen atoms in total. The van der Waals surface area contributed by atoms with Crippen molar-refractivity contribution >= 4 is 11.8 Å². The number of ether oxygens (including phenoxy) is 1. The third-order valence-corrected chi connectivity index (χ3v) is 3.35. The number of anilines is 1. The first-order chi connectivity index (χ1) is 10.2. The van der Waals surface area contributed by atoms with Gasteiger partial charge in [-0.05, 0) is 18.2 Å². The molecule has 0 amide bonds. The molecule has 1 saturated heterocycles. The van der Waals surface area contributed by atoms with Crippen molar-refractivity contribution < 1.29 is 14.6 Å². The van der Waals surface area contributed by atoms with Gasteiger partial charge in [-0.3, -0.25) is 0 Å². The van der Waals surface area contributed by atoms with E-state index < -0.39 is 5.97 Å². The minimum Gasteiger partial charge on any atom is -0.477 e. The number of nitrogens with zero attached hydrogens (tertiary/aromatic N) is 3. The van der Waals surface area contributed by atoms with Gasteiger partial charge in [0.1, 0.15) is 11.9 Å². The van der Waals surface area contributed by atoms with Crippen LogP contribution in [0.2, 0.25) is 0 Å². The first kappa shape index (κ1) is 13.4. The molecule has 1 unspecified atom stereocenters. The smallest absolute Gasteiger partial charge is 0.354 e. The molecule has 3 rings (SSSR count). The largest absolute Gasteiger partial charge is 0.477 e. The van der Waals surface area contributed by atoms with Gasteiger partial charge in [0.05, 0.1) is 6.54 Å². The van der Waals surface area contributed by atoms with Crippen LogP contribution in [0.3, 0.4) is 0 Å². The monoisotopic (exact) mass is 285 g/mol. The van der Waals surface area contributed by atoms with Crippen molar-refractivity contribution in [1.82, 2.24) is 9.97 Å². The van der Waals surface area contributed by atoms with E-state index in [-0.39, 0.29) is 11.8 Å². The molecule has 3 heterocycles. The van der Waals surface area contributed by atoms with Crippen molar-refractivity contribution in [3.63, 3.8) is 0 Å². The Morgan fingerprint density at radius 2 is 2.19 bits per heavy atom. The molecule has 2 aromatic rings. The van der Waals surface area contributed by atoms with Crippen molar-refractivity contribution in [2.24, 2.45) is 0 Å². The lowest BCUT2D eigenvalue weighted by Crippen LogP contribution is -2.25. The maximum absolute atomic E-state index is 11.0. The average molecular weight is 285 g/mol. The summed E-state index contributed by atoms with van der Waals surface area (Å²) in [7, 11) is 0. The highest BCUT2D eigenvalue weighted by atomic mass is 16.5. The minimum atomic E-state index is -1.02. The molecule has 0 saturated carbocycles. The van der Waals surface area contributed by atoms with E-state index in [9.17, 15) is 4.79 Å². The van der Waals surface area contributed by atoms with Gasteiger partial charge in [-0.25, -0.2) is 14.8 Å². The van der Waals surface area contributed by atoms with Crippen LogP contribution in [0.25, 0.3) is 0 Å². The Labute approximate surface area is 122 Å². The predicted molar refractivity (Wildman–Crippen MR) is 76.7 cm³/mol. The normalized spacial score (nSPS) is 17.7. The lowest BCUT2D eigenvalue weighted by atomic mass is 10.3. The number of carboxylic acids is 1. The van der Waals surface area contributed by atoms with Gasteiger partial charge >= 0.3 is 5.97 Å². The van der Waals surface area contributed by atoms with E-state index in [1.165, 1.54) is 6.07 Å². The van der Waals surface area contributed by atoms with E-state index in [2.05, 4.69) is 9.97 Å². The lowest BCUT2D eigenvalue weighted by Gasteiger charge is -2.18. The summed E-state index contributed by atoms with van der Waals surface area (Å²) >= 11 is 0. The summed E-state index contributed by atoms with van der Waals surface area (Å²) in [6.07, 6.45) is 2.59. The average Bonchev–Trinajstić information content (AvgIpc) is 2.97. The van der Waals surface area contributed by atoms with Crippen molar-refractivity contribution in [3.8, 4) is 5.88 Å². The van der Waals surface area contributed by atoms with Crippen LogP contribution in [0.1, 0.15) is 16.9 Å². The second-order valence-corrected chi connectivity index (χ2v) is 4.83. The highest BCUT2D eigenvalue weighted by Gasteiger charge is 2.25. The van der Waals surface area contributed by atoms with Crippen molar-refractivity contribution in [2.45, 2.75) is 12.5 Å². The fourth-order valence-corrected chi connectivity index (χ4v) is 2.34. The molecule has 0 aromatic carbocycles. The zero-order valence-electron chi connectivity index (χ0n) is 11.3. The number of hydrogen-bond donors (Lipinski definition) is 1. The van der Waals surface area contributed by atoms with Crippen molar-refractivity contribution in [2.75, 3.05) is 18.0 Å². The van der Waals surface area contributed by atoms with Crippen LogP contribution in [-0.4, -0.2) is 40.2 Å². The summed E-state index contributed by atoms with van der Waals surface area (Å²) in [4.78, 5) is 21.3. The number of rotatable bonds is 4. The molecular weight excluding hydrogens is 270 g/mol. The Kier molecular flexibility index (Phi) is 3.68. The molecule has 1 fully saturated rings. The Hall–Kier alpha value is -2.63. The maximum Gasteiger partial charge on any atom is 0.354 e. The van der Waals surface area contributed by atoms with Gasteiger partial charge in [0.2, 0.25) is 5.88 Å². The van der Waals surface area contributed by atoms with Gasteiger partial charge in [-0.15, -0.1) is 0 Å². The van der Waals surface area contributed by atoms with Crippen LogP contribution in [-0.2, 0) is 0 Å². The summed E-state index contributed by atoms with van der Waals surface area (Å²) in [5.41, 5.74) is 0.0570. The number of aromatic nitrogens is 2. The van der Waals surface area contributed by atoms with Crippen LogP contribution < -0.4 is 9.64 Å². The third kappa shape index (κ3) is 3.10. The first-order valence-electron chi connectivity index (χ1n) is 6.75. The lowest BCUT2D eigenvalue weighted by molar-refractivity contribution is 0.0690. The van der Waals surface area contributed by atoms with E-state index in [1.807, 2.05) is 29.2 Å². The number of pyridine rings is 2. The van der Waals surface area contributed by atoms with Crippen LogP contribution in [0.15, 0.2) is 42.6 Å². The Morgan fingerprint density at radius 1 is 1.29 bits per heavy atom. The standard InChI is InChI=1S/C15H15N3O3/c19-15(20)12-4-3-5-13(17-12)18-9-7-11(10-18)21-14-6-1-2-8-16-14/h1-6,8,11H,7,9-10H2,(H,19,20). The number of aromatic carboxylic acids is 1. The number of carbonyl (C=O) groups is 1. The number of hydrogen-bond acceptors (Lipinski definition) is 5. The van der Waals surface area contributed by atoms with Gasteiger partial charge in [-0.2, -0.15) is 0 Å². The predicted octanol–water partition coefficient (Wildman–Crippen LogP) is 1.83. The maximum atomic E-state index is 11.0. The molecule has 0 aliphatic carbocycles. The highest BCUT2D eigenvalue weighted by molar-refractivity contribution is 5.85. The van der Waals surface area contributed by atoms with Crippen molar-refractivity contribution in [3.05, 3.63) is 48.3 Å². The Balaban J connectivity index is 1.67. The minimum absolute atomic E-state index is 0.0372. The van der Waals surface area contributed by atoms with Gasteiger partial charge in [-0.1, -0.05) is 12.1 Å². The van der Waals surface area contributed by atoms with Gasteiger partial charge in [0, 0.05) is 25.2 Å². The van der Waals surface area contributed by atoms with Crippen LogP contribution in [0.5, 0.6) is 5.88 Å². The molecule has 0 bridgehead atoms. The molecule has 6 heteroatoms. The Bertz CT molecular complexity index is 633. The van der Waals surface area contributed by atoms with E-state index in [0.717, 1.165) is 13.0 Å². The first-order valence-corrected chi connectivity index (χ1v) is 6.75. The highest BCUT2D eigenvalue weighted by Crippen LogP contribution is 2.21. The van der Waals surface area contributed by atoms with Crippen LogP contribution >= 0.6 is 0 Å². The molecule has 0 radical (unpaired) electrons. The second kappa shape index (κ2) is 5.78. The summed E-state index contributed by atoms with van der Waals surface area (Å²) in [6, 6.07) is 10.6. The molecule has 1 atom stereocenters. The van der Waals surface area contributed by atoms with E-state index in [0.29, 0.717) is 18.2 Å². The van der Waals surface area contributed by atoms with Gasteiger partial charge in [0.15, 0.2) is 5.69 Å². The fourth-order valence-electron chi connectivity index (χ4n) is 2.34. The number of carboxylic acid groups (broad SMARTS) is 1. The second-order valence-electron chi connectivity index (χ2n) is 4.83. The summed E-state index contributed by atoms with van der Waals surface area (Å²) < 4.78 is 5.81. The molecule has 1 aliphatic heterocycles. The molecule has 1 N–H and O–H groups in total. The third-order valence-electron chi connectivity index (χ3n) is 3.35. The van der Waals surface area contributed by atoms with Crippen molar-refractivity contribution in [1.29, 1.82) is 0 Å². The van der Waals surface area contributed by atoms with Crippen LogP contribution in [0, 0.1) is 0 Å². The van der Waals surface area contributed by atoms with E-state index in [4.69, 9.17) is 9.84 Å². The molecule has 1 aliphatic rings. The summed E-state index contributed by atoms with van der Waals surface area (Å²) in [6.45, 7) is 1.46. The summed E-state index contributed by atoms with van der Waals surface area (Å²) in [5, 5.41) is 8.98. The molecular formula is C15H15N3O3. The van der Waals surface area contributed by atoms with Gasteiger partial charge in [0.25, 0.3) is 0 Å². The van der Waals surface area contributed by atoms with Crippen LogP contribution in [0.4, 0.5) is 5.82 Å². The quantitative estimate of drug-likeness (QED) is 0.923. The van der Waals surface area contributed by atoms with E-state index >= 15 is 0 Å². The topological polar surface area (TPSA) is 75.5 Å². The molecule has 2 aromatic heterocycles. The molecule has 21 heavy (non-hydrogen) atoms. The van der Waals surface area contributed by atoms with E-state index in [1.54, 1.807) is 12.3 Å². The Morgan fingerprint density at radius 3 is 2.95 bits per heavy atom. The zero-order chi connectivity index (χ0) is 14.7. The fraction of sp³-hybridized carbons (Fsp3) is 0.267. The van der Waals surface area contributed by atoms with Gasteiger partial charge < -0.3 is 14.7 Å². The molecule has 108 valence electrons.